The van der Waals surface area contributed by atoms with Gasteiger partial charge in [-0.2, -0.15) is 5.10 Å². The number of hydrogen-bond acceptors (Lipinski definition) is 7. The van der Waals surface area contributed by atoms with Crippen LogP contribution in [0.3, 0.4) is 0 Å². The number of hydrogen-bond donors (Lipinski definition) is 1. The highest BCUT2D eigenvalue weighted by Crippen LogP contribution is 2.25. The molecule has 1 aromatic heterocycles. The normalized spacial score (nSPS) is 24.0. The fraction of sp³-hybridized carbons (Fsp3) is 0.600. The van der Waals surface area contributed by atoms with Crippen LogP contribution in [-0.4, -0.2) is 59.6 Å². The molecule has 3 aliphatic rings. The topological polar surface area (TPSA) is 118 Å². The average Bonchev–Trinajstić information content (AvgIpc) is 3.36. The summed E-state index contributed by atoms with van der Waals surface area (Å²) in [6.07, 6.45) is 6.90. The van der Waals surface area contributed by atoms with E-state index in [0.717, 1.165) is 31.2 Å². The van der Waals surface area contributed by atoms with Crippen LogP contribution in [0.15, 0.2) is 23.4 Å². The number of hydrazone groups is 1. The van der Waals surface area contributed by atoms with Crippen LogP contribution in [0.1, 0.15) is 50.5 Å². The molecule has 2 aliphatic heterocycles. The molecule has 1 aromatic rings. The van der Waals surface area contributed by atoms with E-state index in [9.17, 15) is 18.0 Å². The minimum absolute atomic E-state index is 0.0449. The quantitative estimate of drug-likeness (QED) is 0.718. The van der Waals surface area contributed by atoms with Crippen LogP contribution in [-0.2, 0) is 26.0 Å². The van der Waals surface area contributed by atoms with Crippen molar-refractivity contribution in [1.29, 1.82) is 0 Å². The molecule has 0 aromatic carbocycles. The number of ether oxygens (including phenoxy) is 1. The van der Waals surface area contributed by atoms with Gasteiger partial charge in [-0.1, -0.05) is 6.07 Å². The van der Waals surface area contributed by atoms with E-state index in [4.69, 9.17) is 4.74 Å². The summed E-state index contributed by atoms with van der Waals surface area (Å²) in [6, 6.07) is 3.16. The molecule has 2 fully saturated rings. The Balaban J connectivity index is 1.40. The third kappa shape index (κ3) is 4.80. The molecule has 3 heterocycles. The van der Waals surface area contributed by atoms with Crippen LogP contribution in [0.2, 0.25) is 0 Å². The zero-order chi connectivity index (χ0) is 21.1. The van der Waals surface area contributed by atoms with Gasteiger partial charge in [0.15, 0.2) is 9.84 Å². The van der Waals surface area contributed by atoms with Gasteiger partial charge in [-0.05, 0) is 38.2 Å². The first kappa shape index (κ1) is 20.8. The van der Waals surface area contributed by atoms with Gasteiger partial charge in [0.2, 0.25) is 11.8 Å². The summed E-state index contributed by atoms with van der Waals surface area (Å²) >= 11 is 0. The van der Waals surface area contributed by atoms with Gasteiger partial charge in [-0.25, -0.2) is 18.4 Å². The second-order valence-electron chi connectivity index (χ2n) is 8.02. The number of pyridine rings is 1. The van der Waals surface area contributed by atoms with Crippen molar-refractivity contribution in [2.45, 2.75) is 63.6 Å². The Bertz CT molecular complexity index is 956. The number of carbonyl (C=O) groups excluding carboxylic acids is 2. The number of nitrogens with one attached hydrogen (secondary N) is 1. The lowest BCUT2D eigenvalue weighted by molar-refractivity contribution is -0.133. The standard InChI is InChI=1S/C20H26N4O5S/c25-18-8-7-17(23-24(18)15-9-11-30(27,28)13-15)19(26)22-12-14-4-3-10-21-20(14)29-16-5-1-2-6-16/h3-4,10,15-16H,1-2,5-9,11-13H2,(H,22,26). The molecule has 1 saturated heterocycles. The molecule has 0 spiro atoms. The van der Waals surface area contributed by atoms with Crippen molar-refractivity contribution in [2.75, 3.05) is 11.5 Å². The second kappa shape index (κ2) is 8.71. The maximum Gasteiger partial charge on any atom is 0.267 e. The van der Waals surface area contributed by atoms with E-state index in [1.807, 2.05) is 6.07 Å². The molecule has 4 rings (SSSR count). The Morgan fingerprint density at radius 2 is 2.03 bits per heavy atom. The number of aromatic nitrogens is 1. The van der Waals surface area contributed by atoms with E-state index in [-0.39, 0.29) is 54.5 Å². The molecule has 30 heavy (non-hydrogen) atoms. The molecule has 1 aliphatic carbocycles. The van der Waals surface area contributed by atoms with E-state index >= 15 is 0 Å². The summed E-state index contributed by atoms with van der Waals surface area (Å²) in [5, 5.41) is 8.23. The predicted molar refractivity (Wildman–Crippen MR) is 110 cm³/mol. The molecule has 9 nitrogen and oxygen atoms in total. The molecule has 1 atom stereocenters. The summed E-state index contributed by atoms with van der Waals surface area (Å²) in [6.45, 7) is 0.236. The zero-order valence-electron chi connectivity index (χ0n) is 16.7. The van der Waals surface area contributed by atoms with Gasteiger partial charge in [0.1, 0.15) is 11.8 Å². The Kier molecular flexibility index (Phi) is 6.03. The zero-order valence-corrected chi connectivity index (χ0v) is 17.6. The lowest BCUT2D eigenvalue weighted by Crippen LogP contribution is -2.43. The third-order valence-electron chi connectivity index (χ3n) is 5.75. The molecule has 2 amide bonds. The molecule has 1 unspecified atom stereocenters. The minimum atomic E-state index is -3.15. The molecule has 10 heteroatoms. The summed E-state index contributed by atoms with van der Waals surface area (Å²) in [4.78, 5) is 29.2. The predicted octanol–water partition coefficient (Wildman–Crippen LogP) is 1.18. The average molecular weight is 435 g/mol. The molecule has 0 bridgehead atoms. The van der Waals surface area contributed by atoms with Crippen molar-refractivity contribution in [1.82, 2.24) is 15.3 Å². The van der Waals surface area contributed by atoms with E-state index < -0.39 is 15.9 Å². The lowest BCUT2D eigenvalue weighted by atomic mass is 10.1. The van der Waals surface area contributed by atoms with Gasteiger partial charge in [-0.3, -0.25) is 9.59 Å². The van der Waals surface area contributed by atoms with E-state index in [1.165, 1.54) is 5.01 Å². The van der Waals surface area contributed by atoms with Crippen molar-refractivity contribution in [2.24, 2.45) is 5.10 Å². The molecule has 1 saturated carbocycles. The van der Waals surface area contributed by atoms with Crippen LogP contribution in [0.4, 0.5) is 0 Å². The van der Waals surface area contributed by atoms with Gasteiger partial charge < -0.3 is 10.1 Å². The van der Waals surface area contributed by atoms with E-state index in [1.54, 1.807) is 12.3 Å². The summed E-state index contributed by atoms with van der Waals surface area (Å²) in [5.74, 6) is -0.141. The third-order valence-corrected chi connectivity index (χ3v) is 7.50. The van der Waals surface area contributed by atoms with Crippen molar-refractivity contribution in [3.8, 4) is 5.88 Å². The summed E-state index contributed by atoms with van der Waals surface area (Å²) in [5.41, 5.74) is 1.02. The van der Waals surface area contributed by atoms with Crippen LogP contribution >= 0.6 is 0 Å². The number of nitrogens with zero attached hydrogens (tertiary/aromatic N) is 3. The largest absolute Gasteiger partial charge is 0.474 e. The van der Waals surface area contributed by atoms with Crippen molar-refractivity contribution in [3.05, 3.63) is 23.9 Å². The van der Waals surface area contributed by atoms with Crippen LogP contribution < -0.4 is 10.1 Å². The van der Waals surface area contributed by atoms with Crippen LogP contribution in [0.5, 0.6) is 5.88 Å². The molecular formula is C20H26N4O5S. The fourth-order valence-electron chi connectivity index (χ4n) is 4.09. The highest BCUT2D eigenvalue weighted by Gasteiger charge is 2.37. The van der Waals surface area contributed by atoms with Gasteiger partial charge >= 0.3 is 0 Å². The van der Waals surface area contributed by atoms with Crippen LogP contribution in [0.25, 0.3) is 0 Å². The molecule has 0 radical (unpaired) electrons. The smallest absolute Gasteiger partial charge is 0.267 e. The van der Waals surface area contributed by atoms with Crippen LogP contribution in [0, 0.1) is 0 Å². The summed E-state index contributed by atoms with van der Waals surface area (Å²) < 4.78 is 29.5. The Morgan fingerprint density at radius 3 is 2.77 bits per heavy atom. The first-order valence-corrected chi connectivity index (χ1v) is 12.2. The number of carbonyl (C=O) groups is 2. The molecule has 1 N–H and O–H groups in total. The van der Waals surface area contributed by atoms with Crippen molar-refractivity contribution >= 4 is 27.4 Å². The number of sulfone groups is 1. The molecule has 162 valence electrons. The molecular weight excluding hydrogens is 408 g/mol. The highest BCUT2D eigenvalue weighted by atomic mass is 32.2. The van der Waals surface area contributed by atoms with E-state index in [2.05, 4.69) is 15.4 Å². The fourth-order valence-corrected chi connectivity index (χ4v) is 5.79. The monoisotopic (exact) mass is 434 g/mol. The first-order valence-electron chi connectivity index (χ1n) is 10.4. The maximum atomic E-state index is 12.7. The van der Waals surface area contributed by atoms with Gasteiger partial charge in [-0.15, -0.1) is 0 Å². The van der Waals surface area contributed by atoms with Gasteiger partial charge in [0, 0.05) is 31.1 Å². The summed E-state index contributed by atoms with van der Waals surface area (Å²) in [7, 11) is -3.15. The number of rotatable bonds is 6. The van der Waals surface area contributed by atoms with Gasteiger partial charge in [0.05, 0.1) is 17.5 Å². The van der Waals surface area contributed by atoms with Gasteiger partial charge in [0.25, 0.3) is 5.91 Å². The maximum absolute atomic E-state index is 12.7. The Morgan fingerprint density at radius 1 is 1.23 bits per heavy atom. The highest BCUT2D eigenvalue weighted by molar-refractivity contribution is 7.91. The number of amides is 2. The first-order chi connectivity index (χ1) is 14.4. The second-order valence-corrected chi connectivity index (χ2v) is 10.2. The van der Waals surface area contributed by atoms with E-state index in [0.29, 0.717) is 12.3 Å². The van der Waals surface area contributed by atoms with Crippen molar-refractivity contribution in [3.63, 3.8) is 0 Å². The van der Waals surface area contributed by atoms with Crippen molar-refractivity contribution < 1.29 is 22.7 Å². The SMILES string of the molecule is O=C(NCc1cccnc1OC1CCCC1)C1=NN(C2CCS(=O)(=O)C2)C(=O)CC1. The Labute approximate surface area is 175 Å². The minimum Gasteiger partial charge on any atom is -0.474 e. The Hall–Kier alpha value is -2.49. The lowest BCUT2D eigenvalue weighted by Gasteiger charge is -2.27.